The topological polar surface area (TPSA) is 59.6 Å². The lowest BCUT2D eigenvalue weighted by Gasteiger charge is -2.19. The van der Waals surface area contributed by atoms with Gasteiger partial charge in [-0.2, -0.15) is 0 Å². The minimum atomic E-state index is -0.295. The van der Waals surface area contributed by atoms with E-state index in [1.807, 2.05) is 20.8 Å². The molecule has 2 N–H and O–H groups in total. The van der Waals surface area contributed by atoms with Crippen molar-refractivity contribution < 1.29 is 14.3 Å². The largest absolute Gasteiger partial charge is 0.486 e. The number of carbonyl (C=O) groups is 1. The van der Waals surface area contributed by atoms with Crippen molar-refractivity contribution in [2.45, 2.75) is 20.8 Å². The number of rotatable bonds is 2. The van der Waals surface area contributed by atoms with Gasteiger partial charge in [-0.1, -0.05) is 17.7 Å². The number of fused-ring (bicyclic) bond motifs is 1. The van der Waals surface area contributed by atoms with Gasteiger partial charge in [0.15, 0.2) is 16.6 Å². The van der Waals surface area contributed by atoms with Crippen LogP contribution in [-0.4, -0.2) is 24.2 Å². The lowest BCUT2D eigenvalue weighted by Crippen LogP contribution is -2.34. The van der Waals surface area contributed by atoms with E-state index in [-0.39, 0.29) is 11.0 Å². The van der Waals surface area contributed by atoms with Gasteiger partial charge in [0.1, 0.15) is 13.2 Å². The lowest BCUT2D eigenvalue weighted by atomic mass is 10.1. The molecule has 0 saturated carbocycles. The first-order valence-corrected chi connectivity index (χ1v) is 8.44. The number of aryl methyl sites for hydroxylation is 3. The van der Waals surface area contributed by atoms with E-state index in [0.29, 0.717) is 30.3 Å². The average Bonchev–Trinajstić information content (AvgIpc) is 2.57. The second kappa shape index (κ2) is 7.11. The minimum Gasteiger partial charge on any atom is -0.486 e. The molecular weight excluding hydrogens is 336 g/mol. The van der Waals surface area contributed by atoms with Crippen molar-refractivity contribution in [2.75, 3.05) is 18.5 Å². The van der Waals surface area contributed by atoms with E-state index >= 15 is 0 Å². The summed E-state index contributed by atoms with van der Waals surface area (Å²) in [5, 5.41) is 6.08. The average molecular weight is 356 g/mol. The van der Waals surface area contributed by atoms with Gasteiger partial charge in [0, 0.05) is 11.3 Å². The maximum absolute atomic E-state index is 12.4. The number of benzene rings is 2. The summed E-state index contributed by atoms with van der Waals surface area (Å²) < 4.78 is 11.0. The molecule has 0 unspecified atom stereocenters. The highest BCUT2D eigenvalue weighted by atomic mass is 32.1. The molecule has 0 spiro atoms. The molecule has 130 valence electrons. The minimum absolute atomic E-state index is 0.259. The summed E-state index contributed by atoms with van der Waals surface area (Å²) in [7, 11) is 0. The van der Waals surface area contributed by atoms with E-state index in [2.05, 4.69) is 22.8 Å². The van der Waals surface area contributed by atoms with E-state index in [1.54, 1.807) is 18.2 Å². The Hall–Kier alpha value is -2.60. The molecule has 0 atom stereocenters. The number of ether oxygens (including phenoxy) is 2. The molecule has 2 aromatic rings. The number of hydrogen-bond donors (Lipinski definition) is 2. The molecule has 0 saturated heterocycles. The maximum atomic E-state index is 12.4. The first kappa shape index (κ1) is 17.2. The first-order chi connectivity index (χ1) is 11.9. The summed E-state index contributed by atoms with van der Waals surface area (Å²) in [6, 6.07) is 9.22. The summed E-state index contributed by atoms with van der Waals surface area (Å²) in [4.78, 5) is 12.4. The van der Waals surface area contributed by atoms with Gasteiger partial charge in [0.25, 0.3) is 5.91 Å². The van der Waals surface area contributed by atoms with Crippen LogP contribution < -0.4 is 20.1 Å². The molecule has 6 heteroatoms. The van der Waals surface area contributed by atoms with Crippen LogP contribution in [0.2, 0.25) is 0 Å². The fourth-order valence-corrected chi connectivity index (χ4v) is 3.08. The number of amides is 1. The summed E-state index contributed by atoms with van der Waals surface area (Å²) in [6.07, 6.45) is 0. The predicted octanol–water partition coefficient (Wildman–Crippen LogP) is 3.51. The van der Waals surface area contributed by atoms with Gasteiger partial charge in [-0.25, -0.2) is 0 Å². The van der Waals surface area contributed by atoms with Gasteiger partial charge in [-0.05, 0) is 62.3 Å². The number of anilines is 1. The normalized spacial score (nSPS) is 12.4. The smallest absolute Gasteiger partial charge is 0.257 e. The molecule has 25 heavy (non-hydrogen) atoms. The third-order valence-corrected chi connectivity index (χ3v) is 4.15. The van der Waals surface area contributed by atoms with Crippen LogP contribution in [-0.2, 0) is 0 Å². The number of hydrogen-bond acceptors (Lipinski definition) is 4. The van der Waals surface area contributed by atoms with Gasteiger partial charge in [-0.3, -0.25) is 10.1 Å². The summed E-state index contributed by atoms with van der Waals surface area (Å²) in [5.74, 6) is 0.925. The summed E-state index contributed by atoms with van der Waals surface area (Å²) >= 11 is 5.29. The van der Waals surface area contributed by atoms with Crippen LogP contribution in [0.3, 0.4) is 0 Å². The lowest BCUT2D eigenvalue weighted by molar-refractivity contribution is 0.0976. The molecule has 5 nitrogen and oxygen atoms in total. The number of carbonyl (C=O) groups excluding carboxylic acids is 1. The predicted molar refractivity (Wildman–Crippen MR) is 102 cm³/mol. The van der Waals surface area contributed by atoms with E-state index in [9.17, 15) is 4.79 Å². The van der Waals surface area contributed by atoms with Crippen molar-refractivity contribution in [3.63, 3.8) is 0 Å². The van der Waals surface area contributed by atoms with E-state index < -0.39 is 0 Å². The van der Waals surface area contributed by atoms with Crippen molar-refractivity contribution in [2.24, 2.45) is 0 Å². The highest BCUT2D eigenvalue weighted by molar-refractivity contribution is 7.80. The third kappa shape index (κ3) is 3.91. The molecule has 1 amide bonds. The van der Waals surface area contributed by atoms with Gasteiger partial charge in [0.05, 0.1) is 0 Å². The van der Waals surface area contributed by atoms with Crippen molar-refractivity contribution in [3.8, 4) is 11.5 Å². The highest BCUT2D eigenvalue weighted by Crippen LogP contribution is 2.30. The Balaban J connectivity index is 1.70. The van der Waals surface area contributed by atoms with Gasteiger partial charge < -0.3 is 14.8 Å². The van der Waals surface area contributed by atoms with Crippen LogP contribution in [0.25, 0.3) is 0 Å². The maximum Gasteiger partial charge on any atom is 0.257 e. The van der Waals surface area contributed by atoms with E-state index in [0.717, 1.165) is 16.8 Å². The Morgan fingerprint density at radius 2 is 1.64 bits per heavy atom. The number of thiocarbonyl (C=S) groups is 1. The number of nitrogens with one attached hydrogen (secondary N) is 2. The Labute approximate surface area is 152 Å². The summed E-state index contributed by atoms with van der Waals surface area (Å²) in [5.41, 5.74) is 4.72. The van der Waals surface area contributed by atoms with Gasteiger partial charge >= 0.3 is 0 Å². The quantitative estimate of drug-likeness (QED) is 0.807. The fourth-order valence-electron chi connectivity index (χ4n) is 2.88. The highest BCUT2D eigenvalue weighted by Gasteiger charge is 2.16. The van der Waals surface area contributed by atoms with Gasteiger partial charge in [-0.15, -0.1) is 0 Å². The fraction of sp³-hybridized carbons (Fsp3) is 0.263. The zero-order valence-electron chi connectivity index (χ0n) is 14.4. The third-order valence-electron chi connectivity index (χ3n) is 3.95. The van der Waals surface area contributed by atoms with Crippen molar-refractivity contribution in [3.05, 3.63) is 52.6 Å². The van der Waals surface area contributed by atoms with Crippen LogP contribution in [0.5, 0.6) is 11.5 Å². The Bertz CT molecular complexity index is 826. The Kier molecular flexibility index (Phi) is 4.90. The van der Waals surface area contributed by atoms with Crippen molar-refractivity contribution in [1.82, 2.24) is 5.32 Å². The van der Waals surface area contributed by atoms with Crippen LogP contribution in [0.4, 0.5) is 5.69 Å². The molecule has 0 fully saturated rings. The van der Waals surface area contributed by atoms with E-state index in [1.165, 1.54) is 5.56 Å². The van der Waals surface area contributed by atoms with Crippen LogP contribution in [0, 0.1) is 20.8 Å². The zero-order chi connectivity index (χ0) is 18.0. The zero-order valence-corrected chi connectivity index (χ0v) is 15.3. The van der Waals surface area contributed by atoms with Crippen LogP contribution in [0.1, 0.15) is 27.0 Å². The second-order valence-electron chi connectivity index (χ2n) is 6.04. The van der Waals surface area contributed by atoms with E-state index in [4.69, 9.17) is 21.7 Å². The van der Waals surface area contributed by atoms with Crippen LogP contribution in [0.15, 0.2) is 30.3 Å². The second-order valence-corrected chi connectivity index (χ2v) is 6.45. The van der Waals surface area contributed by atoms with Crippen molar-refractivity contribution in [1.29, 1.82) is 0 Å². The van der Waals surface area contributed by atoms with Crippen molar-refractivity contribution >= 4 is 28.9 Å². The van der Waals surface area contributed by atoms with Crippen LogP contribution >= 0.6 is 12.2 Å². The Morgan fingerprint density at radius 1 is 1.00 bits per heavy atom. The SMILES string of the molecule is Cc1cc(C)c(NC(=S)NC(=O)c2ccc3c(c2)OCCO3)c(C)c1. The molecule has 1 aliphatic heterocycles. The molecule has 3 rings (SSSR count). The Morgan fingerprint density at radius 3 is 2.32 bits per heavy atom. The van der Waals surface area contributed by atoms with Gasteiger partial charge in [0.2, 0.25) is 0 Å². The first-order valence-electron chi connectivity index (χ1n) is 8.04. The molecule has 2 aromatic carbocycles. The molecule has 0 aliphatic carbocycles. The molecule has 1 heterocycles. The summed E-state index contributed by atoms with van der Waals surface area (Å²) in [6.45, 7) is 7.05. The standard InChI is InChI=1S/C19H20N2O3S/c1-11-8-12(2)17(13(3)9-11)20-19(25)21-18(22)14-4-5-15-16(10-14)24-7-6-23-15/h4-5,8-10H,6-7H2,1-3H3,(H2,20,21,22,25). The monoisotopic (exact) mass is 356 g/mol. The molecule has 0 bridgehead atoms. The molecule has 0 radical (unpaired) electrons. The molecule has 1 aliphatic rings. The molecular formula is C19H20N2O3S. The molecule has 0 aromatic heterocycles.